The third kappa shape index (κ3) is 2.78. The highest BCUT2D eigenvalue weighted by atomic mass is 32.2. The summed E-state index contributed by atoms with van der Waals surface area (Å²) < 4.78 is 5.05. The molecule has 0 amide bonds. The minimum Gasteiger partial charge on any atom is -0.465 e. The van der Waals surface area contributed by atoms with Crippen LogP contribution in [0.4, 0.5) is 0 Å². The van der Waals surface area contributed by atoms with E-state index in [1.54, 1.807) is 11.8 Å². The number of hydrogen-bond acceptors (Lipinski definition) is 5. The zero-order valence-corrected chi connectivity index (χ0v) is 11.7. The van der Waals surface area contributed by atoms with E-state index in [1.165, 1.54) is 5.56 Å². The first kappa shape index (κ1) is 13.0. The summed E-state index contributed by atoms with van der Waals surface area (Å²) in [5, 5.41) is 7.14. The molecule has 19 heavy (non-hydrogen) atoms. The Morgan fingerprint density at radius 3 is 2.89 bits per heavy atom. The summed E-state index contributed by atoms with van der Waals surface area (Å²) in [4.78, 5) is 11.7. The molecule has 0 spiro atoms. The molecule has 1 aromatic carbocycles. The molecule has 5 heteroatoms. The second kappa shape index (κ2) is 5.53. The van der Waals surface area contributed by atoms with E-state index in [-0.39, 0.29) is 12.0 Å². The number of hydrogen-bond donors (Lipinski definition) is 2. The average molecular weight is 278 g/mol. The van der Waals surface area contributed by atoms with Gasteiger partial charge in [0.15, 0.2) is 0 Å². The first-order chi connectivity index (χ1) is 9.29. The Hall–Kier alpha value is -1.04. The summed E-state index contributed by atoms with van der Waals surface area (Å²) >= 11 is 1.80. The molecular formula is C14H18N2O2S. The van der Waals surface area contributed by atoms with E-state index in [0.29, 0.717) is 24.1 Å². The molecule has 1 aromatic rings. The molecule has 2 heterocycles. The van der Waals surface area contributed by atoms with E-state index in [4.69, 9.17) is 4.74 Å². The summed E-state index contributed by atoms with van der Waals surface area (Å²) in [5.74, 6) is 0.665. The van der Waals surface area contributed by atoms with E-state index >= 15 is 0 Å². The number of carbonyl (C=O) groups excluding carboxylic acids is 1. The fourth-order valence-corrected chi connectivity index (χ4v) is 3.79. The molecule has 1 unspecified atom stereocenters. The highest BCUT2D eigenvalue weighted by Crippen LogP contribution is 2.38. The van der Waals surface area contributed by atoms with Gasteiger partial charge < -0.3 is 10.1 Å². The second-order valence-corrected chi connectivity index (χ2v) is 5.98. The number of benzene rings is 1. The Balaban J connectivity index is 1.55. The van der Waals surface area contributed by atoms with Crippen molar-refractivity contribution in [3.8, 4) is 0 Å². The third-order valence-corrected chi connectivity index (χ3v) is 4.80. The van der Waals surface area contributed by atoms with Gasteiger partial charge in [0.2, 0.25) is 0 Å². The van der Waals surface area contributed by atoms with Gasteiger partial charge in [0, 0.05) is 5.75 Å². The maximum Gasteiger partial charge on any atom is 0.324 e. The Bertz CT molecular complexity index is 454. The van der Waals surface area contributed by atoms with Crippen molar-refractivity contribution in [1.82, 2.24) is 10.6 Å². The molecule has 0 aromatic heterocycles. The van der Waals surface area contributed by atoms with E-state index in [9.17, 15) is 4.79 Å². The van der Waals surface area contributed by atoms with Crippen LogP contribution >= 0.6 is 11.8 Å². The summed E-state index contributed by atoms with van der Waals surface area (Å²) in [7, 11) is 0. The predicted molar refractivity (Wildman–Crippen MR) is 75.9 cm³/mol. The van der Waals surface area contributed by atoms with Crippen LogP contribution in [0.5, 0.6) is 0 Å². The molecule has 4 nitrogen and oxygen atoms in total. The molecule has 3 rings (SSSR count). The number of rotatable bonds is 4. The molecule has 102 valence electrons. The smallest absolute Gasteiger partial charge is 0.324 e. The van der Waals surface area contributed by atoms with Crippen molar-refractivity contribution in [3.63, 3.8) is 0 Å². The molecular weight excluding hydrogens is 260 g/mol. The van der Waals surface area contributed by atoms with Gasteiger partial charge in [-0.05, 0) is 12.5 Å². The number of carbonyl (C=O) groups is 1. The molecule has 2 saturated heterocycles. The highest BCUT2D eigenvalue weighted by Gasteiger charge is 2.47. The maximum absolute atomic E-state index is 11.7. The Morgan fingerprint density at radius 1 is 1.37 bits per heavy atom. The molecule has 4 atom stereocenters. The van der Waals surface area contributed by atoms with Crippen molar-refractivity contribution in [2.45, 2.75) is 30.4 Å². The SMILES string of the molecule is CCOC(=O)C1CS[C@H]([C@H]2N[C@@H]2c2ccccc2)N1. The van der Waals surface area contributed by atoms with Gasteiger partial charge in [0.25, 0.3) is 0 Å². The van der Waals surface area contributed by atoms with E-state index < -0.39 is 0 Å². The Labute approximate surface area is 117 Å². The lowest BCUT2D eigenvalue weighted by Crippen LogP contribution is -2.40. The lowest BCUT2D eigenvalue weighted by atomic mass is 10.1. The van der Waals surface area contributed by atoms with Crippen LogP contribution < -0.4 is 10.6 Å². The van der Waals surface area contributed by atoms with Gasteiger partial charge in [-0.2, -0.15) is 0 Å². The minimum absolute atomic E-state index is 0.130. The lowest BCUT2D eigenvalue weighted by molar-refractivity contribution is -0.144. The number of nitrogens with one attached hydrogen (secondary N) is 2. The summed E-state index contributed by atoms with van der Waals surface area (Å²) in [6, 6.07) is 11.1. The summed E-state index contributed by atoms with van der Waals surface area (Å²) in [6.07, 6.45) is 0. The normalized spacial score (nSPS) is 33.1. The molecule has 0 aliphatic carbocycles. The fourth-order valence-electron chi connectivity index (χ4n) is 2.46. The number of thioether (sulfide) groups is 1. The number of esters is 1. The zero-order valence-electron chi connectivity index (χ0n) is 10.8. The Morgan fingerprint density at radius 2 is 2.16 bits per heavy atom. The monoisotopic (exact) mass is 278 g/mol. The van der Waals surface area contributed by atoms with Crippen molar-refractivity contribution in [2.24, 2.45) is 0 Å². The van der Waals surface area contributed by atoms with Crippen LogP contribution in [0.15, 0.2) is 30.3 Å². The van der Waals surface area contributed by atoms with E-state index in [1.807, 2.05) is 13.0 Å². The van der Waals surface area contributed by atoms with Crippen LogP contribution in [-0.2, 0) is 9.53 Å². The molecule has 2 aliphatic rings. The van der Waals surface area contributed by atoms with E-state index in [0.717, 1.165) is 5.75 Å². The van der Waals surface area contributed by atoms with Crippen LogP contribution in [0, 0.1) is 0 Å². The average Bonchev–Trinajstić information content (AvgIpc) is 3.09. The molecule has 0 bridgehead atoms. The first-order valence-corrected chi connectivity index (χ1v) is 7.69. The molecule has 2 aliphatic heterocycles. The maximum atomic E-state index is 11.7. The van der Waals surface area contributed by atoms with Crippen molar-refractivity contribution < 1.29 is 9.53 Å². The van der Waals surface area contributed by atoms with Gasteiger partial charge in [-0.15, -0.1) is 11.8 Å². The van der Waals surface area contributed by atoms with Gasteiger partial charge in [0.1, 0.15) is 6.04 Å². The largest absolute Gasteiger partial charge is 0.465 e. The predicted octanol–water partition coefficient (Wildman–Crippen LogP) is 1.29. The summed E-state index contributed by atoms with van der Waals surface area (Å²) in [6.45, 7) is 2.28. The summed E-state index contributed by atoms with van der Waals surface area (Å²) in [5.41, 5.74) is 1.31. The molecule has 0 radical (unpaired) electrons. The topological polar surface area (TPSA) is 60.3 Å². The van der Waals surface area contributed by atoms with Crippen LogP contribution in [-0.4, -0.2) is 35.8 Å². The molecule has 0 saturated carbocycles. The van der Waals surface area contributed by atoms with Gasteiger partial charge in [-0.3, -0.25) is 10.1 Å². The van der Waals surface area contributed by atoms with Crippen molar-refractivity contribution in [1.29, 1.82) is 0 Å². The van der Waals surface area contributed by atoms with Gasteiger partial charge in [-0.1, -0.05) is 30.3 Å². The first-order valence-electron chi connectivity index (χ1n) is 6.65. The standard InChI is InChI=1S/C14H18N2O2S/c1-2-18-14(17)10-8-19-13(15-10)12-11(16-12)9-6-4-3-5-7-9/h3-7,10-13,15-16H,2,8H2,1H3/t10?,11-,12+,13-/m1/s1. The minimum atomic E-state index is -0.159. The number of ether oxygens (including phenoxy) is 1. The molecule has 2 fully saturated rings. The van der Waals surface area contributed by atoms with Gasteiger partial charge in [0.05, 0.1) is 24.1 Å². The quantitative estimate of drug-likeness (QED) is 0.642. The fraction of sp³-hybridized carbons (Fsp3) is 0.500. The van der Waals surface area contributed by atoms with Crippen LogP contribution in [0.3, 0.4) is 0 Å². The van der Waals surface area contributed by atoms with Crippen LogP contribution in [0.2, 0.25) is 0 Å². The van der Waals surface area contributed by atoms with Crippen LogP contribution in [0.25, 0.3) is 0 Å². The van der Waals surface area contributed by atoms with E-state index in [2.05, 4.69) is 34.9 Å². The lowest BCUT2D eigenvalue weighted by Gasteiger charge is -2.11. The van der Waals surface area contributed by atoms with Crippen molar-refractivity contribution >= 4 is 17.7 Å². The third-order valence-electron chi connectivity index (χ3n) is 3.49. The zero-order chi connectivity index (χ0) is 13.2. The van der Waals surface area contributed by atoms with Gasteiger partial charge >= 0.3 is 5.97 Å². The van der Waals surface area contributed by atoms with Gasteiger partial charge in [-0.25, -0.2) is 0 Å². The van der Waals surface area contributed by atoms with Crippen molar-refractivity contribution in [3.05, 3.63) is 35.9 Å². The second-order valence-electron chi connectivity index (χ2n) is 4.81. The molecule has 2 N–H and O–H groups in total. The van der Waals surface area contributed by atoms with Crippen molar-refractivity contribution in [2.75, 3.05) is 12.4 Å². The van der Waals surface area contributed by atoms with Crippen LogP contribution in [0.1, 0.15) is 18.5 Å². The highest BCUT2D eigenvalue weighted by molar-refractivity contribution is 8.00. The Kier molecular flexibility index (Phi) is 3.77.